The van der Waals surface area contributed by atoms with Crippen LogP contribution < -0.4 is 5.32 Å². The number of rotatable bonds is 4. The summed E-state index contributed by atoms with van der Waals surface area (Å²) in [5.74, 6) is 2.22. The summed E-state index contributed by atoms with van der Waals surface area (Å²) in [4.78, 5) is 0. The molecule has 1 heterocycles. The van der Waals surface area contributed by atoms with Gasteiger partial charge in [-0.15, -0.1) is 11.8 Å². The second kappa shape index (κ2) is 5.87. The first kappa shape index (κ1) is 10.4. The molecule has 1 rings (SSSR count). The van der Waals surface area contributed by atoms with E-state index in [9.17, 15) is 0 Å². The monoisotopic (exact) mass is 187 g/mol. The molecule has 1 nitrogen and oxygen atoms in total. The average molecular weight is 187 g/mol. The maximum Gasteiger partial charge on any atom is 0.0532 e. The van der Waals surface area contributed by atoms with E-state index in [2.05, 4.69) is 30.9 Å². The van der Waals surface area contributed by atoms with Crippen LogP contribution in [0.25, 0.3) is 0 Å². The molecule has 1 aliphatic heterocycles. The zero-order valence-corrected chi connectivity index (χ0v) is 9.12. The van der Waals surface area contributed by atoms with Crippen LogP contribution in [0.2, 0.25) is 0 Å². The fourth-order valence-electron chi connectivity index (χ4n) is 1.50. The van der Waals surface area contributed by atoms with Gasteiger partial charge in [0.1, 0.15) is 0 Å². The maximum atomic E-state index is 3.59. The number of unbranched alkanes of at least 4 members (excludes halogenated alkanes) is 2. The van der Waals surface area contributed by atoms with E-state index in [-0.39, 0.29) is 0 Å². The van der Waals surface area contributed by atoms with Crippen molar-refractivity contribution >= 4 is 11.8 Å². The Kier molecular flexibility index (Phi) is 5.08. The van der Waals surface area contributed by atoms with Gasteiger partial charge in [0.25, 0.3) is 0 Å². The maximum absolute atomic E-state index is 3.59. The van der Waals surface area contributed by atoms with Gasteiger partial charge in [0.2, 0.25) is 0 Å². The topological polar surface area (TPSA) is 12.0 Å². The van der Waals surface area contributed by atoms with E-state index in [1.54, 1.807) is 0 Å². The van der Waals surface area contributed by atoms with Crippen LogP contribution >= 0.6 is 11.8 Å². The van der Waals surface area contributed by atoms with Crippen LogP contribution in [-0.2, 0) is 0 Å². The lowest BCUT2D eigenvalue weighted by Crippen LogP contribution is -2.36. The minimum Gasteiger partial charge on any atom is -0.305 e. The molecule has 0 aliphatic carbocycles. The third-order valence-corrected chi connectivity index (χ3v) is 3.91. The summed E-state index contributed by atoms with van der Waals surface area (Å²) in [7, 11) is 0. The van der Waals surface area contributed by atoms with Gasteiger partial charge in [-0.2, -0.15) is 0 Å². The summed E-state index contributed by atoms with van der Waals surface area (Å²) >= 11 is 2.11. The van der Waals surface area contributed by atoms with Gasteiger partial charge >= 0.3 is 0 Å². The van der Waals surface area contributed by atoms with E-state index in [4.69, 9.17) is 0 Å². The van der Waals surface area contributed by atoms with Crippen molar-refractivity contribution in [2.75, 3.05) is 12.3 Å². The molecule has 1 N–H and O–H groups in total. The van der Waals surface area contributed by atoms with Crippen LogP contribution in [0.4, 0.5) is 0 Å². The lowest BCUT2D eigenvalue weighted by Gasteiger charge is -2.27. The molecule has 0 aromatic carbocycles. The molecule has 0 bridgehead atoms. The highest BCUT2D eigenvalue weighted by molar-refractivity contribution is 7.99. The van der Waals surface area contributed by atoms with Crippen molar-refractivity contribution < 1.29 is 0 Å². The number of hydrogen-bond donors (Lipinski definition) is 1. The Hall–Kier alpha value is 0.310. The minimum absolute atomic E-state index is 0.757. The summed E-state index contributed by atoms with van der Waals surface area (Å²) in [6.45, 7) is 5.82. The molecule has 2 atom stereocenters. The van der Waals surface area contributed by atoms with Crippen LogP contribution in [-0.4, -0.2) is 17.7 Å². The van der Waals surface area contributed by atoms with Crippen LogP contribution in [0.5, 0.6) is 0 Å². The molecule has 0 aromatic heterocycles. The van der Waals surface area contributed by atoms with Crippen molar-refractivity contribution in [2.24, 2.45) is 5.92 Å². The fraction of sp³-hybridized carbons (Fsp3) is 1.00. The molecule has 0 radical (unpaired) electrons. The molecule has 2 heteroatoms. The predicted molar refractivity (Wildman–Crippen MR) is 57.6 cm³/mol. The van der Waals surface area contributed by atoms with Crippen LogP contribution in [0.1, 0.15) is 39.5 Å². The standard InChI is InChI=1S/C10H21NS/c1-3-4-5-6-10-11-7-9(2)8-12-10/h9-11H,3-8H2,1-2H3. The smallest absolute Gasteiger partial charge is 0.0532 e. The number of thioether (sulfide) groups is 1. The first-order valence-corrected chi connectivity index (χ1v) is 6.22. The predicted octanol–water partition coefficient (Wildman–Crippen LogP) is 2.87. The van der Waals surface area contributed by atoms with E-state index in [0.29, 0.717) is 0 Å². The van der Waals surface area contributed by atoms with E-state index in [0.717, 1.165) is 11.3 Å². The van der Waals surface area contributed by atoms with Gasteiger partial charge < -0.3 is 5.32 Å². The molecule has 12 heavy (non-hydrogen) atoms. The van der Waals surface area contributed by atoms with Gasteiger partial charge in [0.15, 0.2) is 0 Å². The second-order valence-electron chi connectivity index (χ2n) is 3.83. The molecule has 72 valence electrons. The van der Waals surface area contributed by atoms with Crippen LogP contribution in [0.3, 0.4) is 0 Å². The van der Waals surface area contributed by atoms with Crippen molar-refractivity contribution in [1.29, 1.82) is 0 Å². The zero-order chi connectivity index (χ0) is 8.81. The minimum atomic E-state index is 0.757. The van der Waals surface area contributed by atoms with Gasteiger partial charge in [0, 0.05) is 0 Å². The van der Waals surface area contributed by atoms with Crippen molar-refractivity contribution in [3.63, 3.8) is 0 Å². The summed E-state index contributed by atoms with van der Waals surface area (Å²) in [5.41, 5.74) is 0. The molecule has 2 unspecified atom stereocenters. The van der Waals surface area contributed by atoms with E-state index < -0.39 is 0 Å². The Morgan fingerprint density at radius 1 is 1.42 bits per heavy atom. The van der Waals surface area contributed by atoms with E-state index >= 15 is 0 Å². The normalized spacial score (nSPS) is 30.5. The summed E-state index contributed by atoms with van der Waals surface area (Å²) in [6.07, 6.45) is 5.50. The lowest BCUT2D eigenvalue weighted by atomic mass is 10.2. The van der Waals surface area contributed by atoms with Crippen molar-refractivity contribution in [3.8, 4) is 0 Å². The highest BCUT2D eigenvalue weighted by atomic mass is 32.2. The van der Waals surface area contributed by atoms with E-state index in [1.165, 1.54) is 38.0 Å². The first-order valence-electron chi connectivity index (χ1n) is 5.18. The zero-order valence-electron chi connectivity index (χ0n) is 8.31. The van der Waals surface area contributed by atoms with Crippen LogP contribution in [0.15, 0.2) is 0 Å². The molecule has 0 amide bonds. The Labute approximate surface area is 80.7 Å². The Balaban J connectivity index is 2.01. The molecule has 1 fully saturated rings. The van der Waals surface area contributed by atoms with Crippen molar-refractivity contribution in [3.05, 3.63) is 0 Å². The quantitative estimate of drug-likeness (QED) is 0.679. The fourth-order valence-corrected chi connectivity index (χ4v) is 2.72. The largest absolute Gasteiger partial charge is 0.305 e. The number of nitrogens with one attached hydrogen (secondary N) is 1. The van der Waals surface area contributed by atoms with Crippen molar-refractivity contribution in [1.82, 2.24) is 5.32 Å². The highest BCUT2D eigenvalue weighted by Gasteiger charge is 2.16. The molecule has 1 saturated heterocycles. The summed E-state index contributed by atoms with van der Waals surface area (Å²) < 4.78 is 0. The number of hydrogen-bond acceptors (Lipinski definition) is 2. The molecule has 1 aliphatic rings. The van der Waals surface area contributed by atoms with Gasteiger partial charge in [-0.05, 0) is 24.6 Å². The molecular weight excluding hydrogens is 166 g/mol. The van der Waals surface area contributed by atoms with Gasteiger partial charge in [-0.25, -0.2) is 0 Å². The third-order valence-electron chi connectivity index (χ3n) is 2.35. The van der Waals surface area contributed by atoms with Gasteiger partial charge in [0.05, 0.1) is 5.37 Å². The Bertz CT molecular complexity index is 108. The first-order chi connectivity index (χ1) is 5.83. The average Bonchev–Trinajstić information content (AvgIpc) is 2.09. The summed E-state index contributed by atoms with van der Waals surface area (Å²) in [6, 6.07) is 0. The molecule has 0 aromatic rings. The molecule has 0 spiro atoms. The van der Waals surface area contributed by atoms with Crippen LogP contribution in [0, 0.1) is 5.92 Å². The summed E-state index contributed by atoms with van der Waals surface area (Å²) in [5, 5.41) is 4.35. The SMILES string of the molecule is CCCCCC1NCC(C)CS1. The Morgan fingerprint density at radius 2 is 2.25 bits per heavy atom. The Morgan fingerprint density at radius 3 is 2.83 bits per heavy atom. The molecular formula is C10H21NS. The van der Waals surface area contributed by atoms with E-state index in [1.807, 2.05) is 0 Å². The van der Waals surface area contributed by atoms with Gasteiger partial charge in [-0.1, -0.05) is 33.1 Å². The second-order valence-corrected chi connectivity index (χ2v) is 5.07. The van der Waals surface area contributed by atoms with Gasteiger partial charge in [-0.3, -0.25) is 0 Å². The van der Waals surface area contributed by atoms with Crippen molar-refractivity contribution in [2.45, 2.75) is 44.9 Å². The third kappa shape index (κ3) is 3.81. The lowest BCUT2D eigenvalue weighted by molar-refractivity contribution is 0.490. The highest BCUT2D eigenvalue weighted by Crippen LogP contribution is 2.22. The molecule has 0 saturated carbocycles.